The molecule has 0 spiro atoms. The smallest absolute Gasteiger partial charge is 0.348 e. The van der Waals surface area contributed by atoms with Crippen molar-refractivity contribution in [1.82, 2.24) is 9.97 Å². The van der Waals surface area contributed by atoms with Crippen molar-refractivity contribution in [3.63, 3.8) is 0 Å². The molecular weight excluding hydrogens is 298 g/mol. The lowest BCUT2D eigenvalue weighted by Gasteiger charge is -2.06. The Hall–Kier alpha value is -1.40. The molecule has 0 aliphatic rings. The Balaban J connectivity index is 2.46. The first kappa shape index (κ1) is 15.0. The summed E-state index contributed by atoms with van der Waals surface area (Å²) in [5.74, 6) is 0.602. The highest BCUT2D eigenvalue weighted by atomic mass is 35.5. The molecule has 0 saturated heterocycles. The third-order valence-corrected chi connectivity index (χ3v) is 4.07. The van der Waals surface area contributed by atoms with Gasteiger partial charge in [0.05, 0.1) is 12.0 Å². The Morgan fingerprint density at radius 3 is 2.75 bits per heavy atom. The normalized spacial score (nSPS) is 11.1. The number of hydrogen-bond acceptors (Lipinski definition) is 6. The van der Waals surface area contributed by atoms with Crippen LogP contribution in [0.4, 0.5) is 5.82 Å². The molecule has 0 saturated carbocycles. The van der Waals surface area contributed by atoms with Gasteiger partial charge >= 0.3 is 5.97 Å². The lowest BCUT2D eigenvalue weighted by atomic mass is 10.2. The predicted molar refractivity (Wildman–Crippen MR) is 81.8 cm³/mol. The molecule has 20 heavy (non-hydrogen) atoms. The van der Waals surface area contributed by atoms with Crippen molar-refractivity contribution in [2.45, 2.75) is 20.8 Å². The average Bonchev–Trinajstić information content (AvgIpc) is 2.72. The van der Waals surface area contributed by atoms with Gasteiger partial charge in [-0.2, -0.15) is 0 Å². The van der Waals surface area contributed by atoms with Gasteiger partial charge in [-0.15, -0.1) is 11.3 Å². The van der Waals surface area contributed by atoms with Crippen molar-refractivity contribution in [3.8, 4) is 0 Å². The van der Waals surface area contributed by atoms with Gasteiger partial charge in [0.1, 0.15) is 15.5 Å². The number of halogens is 1. The summed E-state index contributed by atoms with van der Waals surface area (Å²) < 4.78 is 5.27. The highest BCUT2D eigenvalue weighted by Crippen LogP contribution is 2.34. The summed E-state index contributed by atoms with van der Waals surface area (Å²) >= 11 is 7.15. The lowest BCUT2D eigenvalue weighted by molar-refractivity contribution is 0.0464. The van der Waals surface area contributed by atoms with E-state index in [1.54, 1.807) is 7.05 Å². The first-order valence-electron chi connectivity index (χ1n) is 6.25. The van der Waals surface area contributed by atoms with Crippen molar-refractivity contribution < 1.29 is 9.53 Å². The maximum absolute atomic E-state index is 12.1. The molecule has 1 N–H and O–H groups in total. The molecule has 2 rings (SSSR count). The van der Waals surface area contributed by atoms with Crippen LogP contribution < -0.4 is 5.32 Å². The Kier molecular flexibility index (Phi) is 4.45. The number of nitrogens with one attached hydrogen (secondary N) is 1. The third-order valence-electron chi connectivity index (χ3n) is 2.73. The molecule has 108 valence electrons. The van der Waals surface area contributed by atoms with Crippen molar-refractivity contribution >= 4 is 44.9 Å². The second-order valence-corrected chi connectivity index (χ2v) is 6.16. The van der Waals surface area contributed by atoms with Crippen LogP contribution in [0.3, 0.4) is 0 Å². The molecule has 0 aromatic carbocycles. The zero-order valence-electron chi connectivity index (χ0n) is 11.8. The highest BCUT2D eigenvalue weighted by molar-refractivity contribution is 7.20. The van der Waals surface area contributed by atoms with Gasteiger partial charge in [-0.3, -0.25) is 0 Å². The first-order chi connectivity index (χ1) is 9.43. The summed E-state index contributed by atoms with van der Waals surface area (Å²) in [4.78, 5) is 21.6. The van der Waals surface area contributed by atoms with Gasteiger partial charge in [0.15, 0.2) is 0 Å². The van der Waals surface area contributed by atoms with E-state index in [4.69, 9.17) is 16.3 Å². The number of anilines is 1. The quantitative estimate of drug-likeness (QED) is 0.691. The number of aromatic nitrogens is 2. The largest absolute Gasteiger partial charge is 0.461 e. The first-order valence-corrected chi connectivity index (χ1v) is 7.45. The third kappa shape index (κ3) is 2.86. The molecule has 0 amide bonds. The van der Waals surface area contributed by atoms with Gasteiger partial charge < -0.3 is 10.1 Å². The minimum Gasteiger partial charge on any atom is -0.461 e. The maximum Gasteiger partial charge on any atom is 0.348 e. The molecule has 2 heterocycles. The van der Waals surface area contributed by atoms with Crippen LogP contribution in [0.1, 0.15) is 29.1 Å². The van der Waals surface area contributed by atoms with Crippen LogP contribution in [-0.4, -0.2) is 29.6 Å². The van der Waals surface area contributed by atoms with Gasteiger partial charge in [0, 0.05) is 7.05 Å². The molecule has 0 aliphatic heterocycles. The minimum atomic E-state index is -0.322. The number of hydrogen-bond donors (Lipinski definition) is 1. The average molecular weight is 314 g/mol. The van der Waals surface area contributed by atoms with Gasteiger partial charge in [0.2, 0.25) is 5.28 Å². The number of aryl methyl sites for hydroxylation is 1. The van der Waals surface area contributed by atoms with Gasteiger partial charge in [-0.05, 0) is 30.0 Å². The Morgan fingerprint density at radius 2 is 2.15 bits per heavy atom. The molecule has 0 atom stereocenters. The fraction of sp³-hybridized carbons (Fsp3) is 0.462. The molecule has 0 unspecified atom stereocenters. The van der Waals surface area contributed by atoms with Crippen LogP contribution in [0.5, 0.6) is 0 Å². The van der Waals surface area contributed by atoms with Crippen molar-refractivity contribution in [3.05, 3.63) is 15.7 Å². The second kappa shape index (κ2) is 5.93. The molecule has 0 radical (unpaired) electrons. The monoisotopic (exact) mass is 313 g/mol. The summed E-state index contributed by atoms with van der Waals surface area (Å²) in [5, 5.41) is 3.95. The van der Waals surface area contributed by atoms with Crippen molar-refractivity contribution in [2.24, 2.45) is 5.92 Å². The van der Waals surface area contributed by atoms with E-state index >= 15 is 0 Å². The van der Waals surface area contributed by atoms with E-state index in [1.165, 1.54) is 11.3 Å². The van der Waals surface area contributed by atoms with Crippen LogP contribution >= 0.6 is 22.9 Å². The number of rotatable bonds is 4. The summed E-state index contributed by atoms with van der Waals surface area (Å²) in [5.41, 5.74) is 0.819. The Bertz CT molecular complexity index is 655. The van der Waals surface area contributed by atoms with Gasteiger partial charge in [0.25, 0.3) is 0 Å². The molecule has 2 aromatic rings. The van der Waals surface area contributed by atoms with Gasteiger partial charge in [-0.25, -0.2) is 14.8 Å². The lowest BCUT2D eigenvalue weighted by Crippen LogP contribution is -2.09. The number of thiophene rings is 1. The number of fused-ring (bicyclic) bond motifs is 1. The second-order valence-electron chi connectivity index (χ2n) is 4.82. The Morgan fingerprint density at radius 1 is 1.45 bits per heavy atom. The van der Waals surface area contributed by atoms with E-state index in [0.717, 1.165) is 10.9 Å². The number of ether oxygens (including phenoxy) is 1. The van der Waals surface area contributed by atoms with Crippen LogP contribution in [0, 0.1) is 12.8 Å². The van der Waals surface area contributed by atoms with E-state index in [-0.39, 0.29) is 11.3 Å². The van der Waals surface area contributed by atoms with E-state index in [1.807, 2.05) is 20.8 Å². The molecular formula is C13H16ClN3O2S. The summed E-state index contributed by atoms with van der Waals surface area (Å²) in [6.45, 7) is 6.26. The topological polar surface area (TPSA) is 64.1 Å². The highest BCUT2D eigenvalue weighted by Gasteiger charge is 2.21. The summed E-state index contributed by atoms with van der Waals surface area (Å²) in [6.07, 6.45) is 0. The van der Waals surface area contributed by atoms with E-state index < -0.39 is 0 Å². The zero-order valence-corrected chi connectivity index (χ0v) is 13.4. The number of esters is 1. The van der Waals surface area contributed by atoms with Crippen molar-refractivity contribution in [2.75, 3.05) is 19.0 Å². The predicted octanol–water partition coefficient (Wildman–Crippen LogP) is 3.51. The molecule has 0 aliphatic carbocycles. The summed E-state index contributed by atoms with van der Waals surface area (Å²) in [6, 6.07) is 0. The standard InChI is InChI=1S/C13H16ClN3O2S/c1-6(2)5-19-12(18)9-7(3)8-10(15-4)16-13(14)17-11(8)20-9/h6H,5H2,1-4H3,(H,15,16,17). The fourth-order valence-corrected chi connectivity index (χ4v) is 3.09. The summed E-state index contributed by atoms with van der Waals surface area (Å²) in [7, 11) is 1.76. The number of carbonyl (C=O) groups excluding carboxylic acids is 1. The fourth-order valence-electron chi connectivity index (χ4n) is 1.80. The van der Waals surface area contributed by atoms with Crippen LogP contribution in [0.2, 0.25) is 5.28 Å². The van der Waals surface area contributed by atoms with Gasteiger partial charge in [-0.1, -0.05) is 13.8 Å². The van der Waals surface area contributed by atoms with E-state index in [0.29, 0.717) is 28.1 Å². The minimum absolute atomic E-state index is 0.158. The maximum atomic E-state index is 12.1. The molecule has 5 nitrogen and oxygen atoms in total. The van der Waals surface area contributed by atoms with E-state index in [2.05, 4.69) is 15.3 Å². The molecule has 7 heteroatoms. The Labute approximate surface area is 126 Å². The number of carbonyl (C=O) groups is 1. The molecule has 0 bridgehead atoms. The number of nitrogens with zero attached hydrogens (tertiary/aromatic N) is 2. The van der Waals surface area contributed by atoms with Crippen LogP contribution in [0.15, 0.2) is 0 Å². The van der Waals surface area contributed by atoms with Crippen LogP contribution in [-0.2, 0) is 4.74 Å². The van der Waals surface area contributed by atoms with Crippen molar-refractivity contribution in [1.29, 1.82) is 0 Å². The van der Waals surface area contributed by atoms with E-state index in [9.17, 15) is 4.79 Å². The zero-order chi connectivity index (χ0) is 14.9. The SMILES string of the molecule is CNc1nc(Cl)nc2sc(C(=O)OCC(C)C)c(C)c12. The molecule has 2 aromatic heterocycles. The molecule has 0 fully saturated rings. The van der Waals surface area contributed by atoms with Crippen LogP contribution in [0.25, 0.3) is 10.2 Å².